The summed E-state index contributed by atoms with van der Waals surface area (Å²) >= 11 is 1.17. The number of thiophene rings is 1. The molecule has 3 amide bonds. The van der Waals surface area contributed by atoms with Crippen molar-refractivity contribution in [3.63, 3.8) is 0 Å². The number of carbonyl (C=O) groups excluding carboxylic acids is 2. The van der Waals surface area contributed by atoms with E-state index in [2.05, 4.69) is 10.6 Å². The van der Waals surface area contributed by atoms with Crippen LogP contribution >= 0.6 is 11.3 Å². The predicted molar refractivity (Wildman–Crippen MR) is 180 cm³/mol. The monoisotopic (exact) mass is 678 g/mol. The Morgan fingerprint density at radius 3 is 2.57 bits per heavy atom. The molecule has 4 atom stereocenters. The Kier molecular flexibility index (Phi) is 13.3. The number of amides is 3. The number of urea groups is 1. The summed E-state index contributed by atoms with van der Waals surface area (Å²) in [6, 6.07) is 7.64. The Morgan fingerprint density at radius 1 is 1.13 bits per heavy atom. The van der Waals surface area contributed by atoms with Gasteiger partial charge in [0.1, 0.15) is 9.96 Å². The highest BCUT2D eigenvalue weighted by atomic mass is 32.2. The standard InChI is InChI=1S/C33H50N4O7S2/c1-23-20-37(24(2)22-38)32(39)28-19-27(35-33(40)34-26-12-6-5-7-13-26)15-16-29(28)44-25(3)11-8-9-17-43-30(23)21-36(4)46(41,42)31-14-10-18-45-31/h10,14-16,18-19,23-26,30,38H,5-9,11-13,17,20-22H2,1-4H3,(H2,34,35,40)/t23-,24-,25-,30+/m1/s1. The van der Waals surface area contributed by atoms with E-state index in [4.69, 9.17) is 9.47 Å². The quantitative estimate of drug-likeness (QED) is 0.344. The second kappa shape index (κ2) is 16.9. The van der Waals surface area contributed by atoms with Gasteiger partial charge in [-0.2, -0.15) is 4.31 Å². The number of nitrogens with one attached hydrogen (secondary N) is 2. The van der Waals surface area contributed by atoms with Gasteiger partial charge in [-0.15, -0.1) is 11.3 Å². The minimum absolute atomic E-state index is 0.108. The van der Waals surface area contributed by atoms with Gasteiger partial charge in [0.2, 0.25) is 0 Å². The zero-order valence-electron chi connectivity index (χ0n) is 27.4. The lowest BCUT2D eigenvalue weighted by Gasteiger charge is -2.35. The van der Waals surface area contributed by atoms with E-state index < -0.39 is 22.2 Å². The molecule has 13 heteroatoms. The summed E-state index contributed by atoms with van der Waals surface area (Å²) < 4.78 is 40.6. The van der Waals surface area contributed by atoms with E-state index >= 15 is 0 Å². The summed E-state index contributed by atoms with van der Waals surface area (Å²) in [5.74, 6) is -0.236. The Labute approximate surface area is 277 Å². The fourth-order valence-electron chi connectivity index (χ4n) is 5.98. The maximum Gasteiger partial charge on any atom is 0.319 e. The van der Waals surface area contributed by atoms with Crippen molar-refractivity contribution < 1.29 is 32.6 Å². The Hall–Kier alpha value is -2.71. The first-order valence-electron chi connectivity index (χ1n) is 16.4. The highest BCUT2D eigenvalue weighted by Gasteiger charge is 2.32. The van der Waals surface area contributed by atoms with Gasteiger partial charge in [0, 0.05) is 44.4 Å². The number of hydrogen-bond donors (Lipinski definition) is 3. The number of nitrogens with zero attached hydrogens (tertiary/aromatic N) is 2. The number of hydrogen-bond acceptors (Lipinski definition) is 8. The summed E-state index contributed by atoms with van der Waals surface area (Å²) in [6.07, 6.45) is 6.90. The molecule has 0 unspecified atom stereocenters. The number of carbonyl (C=O) groups is 2. The predicted octanol–water partition coefficient (Wildman–Crippen LogP) is 5.32. The Balaban J connectivity index is 1.60. The molecule has 0 bridgehead atoms. The molecule has 4 rings (SSSR count). The molecule has 11 nitrogen and oxygen atoms in total. The zero-order valence-corrected chi connectivity index (χ0v) is 29.1. The number of sulfonamides is 1. The maximum absolute atomic E-state index is 14.3. The first-order valence-corrected chi connectivity index (χ1v) is 18.7. The third-order valence-electron chi connectivity index (χ3n) is 8.85. The summed E-state index contributed by atoms with van der Waals surface area (Å²) in [7, 11) is -2.16. The Morgan fingerprint density at radius 2 is 1.87 bits per heavy atom. The van der Waals surface area contributed by atoms with Gasteiger partial charge in [0.15, 0.2) is 0 Å². The van der Waals surface area contributed by atoms with Gasteiger partial charge in [-0.25, -0.2) is 13.2 Å². The number of benzene rings is 1. The molecule has 0 saturated heterocycles. The van der Waals surface area contributed by atoms with E-state index in [9.17, 15) is 23.1 Å². The molecule has 1 aromatic heterocycles. The van der Waals surface area contributed by atoms with Crippen LogP contribution in [0.4, 0.5) is 10.5 Å². The fourth-order valence-corrected chi connectivity index (χ4v) is 8.36. The molecule has 0 spiro atoms. The van der Waals surface area contributed by atoms with Crippen LogP contribution in [-0.2, 0) is 14.8 Å². The van der Waals surface area contributed by atoms with E-state index in [1.165, 1.54) is 22.1 Å². The van der Waals surface area contributed by atoms with Crippen molar-refractivity contribution in [2.75, 3.05) is 38.7 Å². The van der Waals surface area contributed by atoms with Crippen LogP contribution in [0, 0.1) is 5.92 Å². The average molecular weight is 679 g/mol. The molecule has 1 fully saturated rings. The minimum Gasteiger partial charge on any atom is -0.490 e. The van der Waals surface area contributed by atoms with E-state index in [-0.39, 0.29) is 59.5 Å². The fraction of sp³-hybridized carbons (Fsp3) is 0.636. The molecular formula is C33H50N4O7S2. The second-order valence-corrected chi connectivity index (χ2v) is 15.9. The zero-order chi connectivity index (χ0) is 33.3. The topological polar surface area (TPSA) is 138 Å². The molecule has 0 radical (unpaired) electrons. The van der Waals surface area contributed by atoms with Crippen LogP contribution in [0.2, 0.25) is 0 Å². The maximum atomic E-state index is 14.3. The van der Waals surface area contributed by atoms with Crippen molar-refractivity contribution in [2.45, 2.75) is 101 Å². The van der Waals surface area contributed by atoms with Gasteiger partial charge in [0.25, 0.3) is 15.9 Å². The molecule has 1 aromatic carbocycles. The van der Waals surface area contributed by atoms with Crippen LogP contribution in [-0.4, -0.2) is 92.3 Å². The molecule has 1 saturated carbocycles. The normalized spacial score (nSPS) is 23.2. The number of aliphatic hydroxyl groups excluding tert-OH is 1. The van der Waals surface area contributed by atoms with Gasteiger partial charge in [0.05, 0.1) is 30.4 Å². The van der Waals surface area contributed by atoms with Crippen molar-refractivity contribution in [3.8, 4) is 5.75 Å². The minimum atomic E-state index is -3.70. The van der Waals surface area contributed by atoms with Crippen LogP contribution < -0.4 is 15.4 Å². The van der Waals surface area contributed by atoms with Gasteiger partial charge >= 0.3 is 6.03 Å². The van der Waals surface area contributed by atoms with Gasteiger partial charge < -0.3 is 30.1 Å². The molecule has 1 aliphatic carbocycles. The molecule has 2 aliphatic rings. The van der Waals surface area contributed by atoms with Crippen LogP contribution in [0.25, 0.3) is 0 Å². The molecule has 2 aromatic rings. The van der Waals surface area contributed by atoms with E-state index in [1.54, 1.807) is 54.6 Å². The van der Waals surface area contributed by atoms with Crippen LogP contribution in [0.15, 0.2) is 39.9 Å². The lowest BCUT2D eigenvalue weighted by Crippen LogP contribution is -2.48. The lowest BCUT2D eigenvalue weighted by molar-refractivity contribution is -0.00832. The van der Waals surface area contributed by atoms with Crippen molar-refractivity contribution in [1.82, 2.24) is 14.5 Å². The highest BCUT2D eigenvalue weighted by molar-refractivity contribution is 7.91. The van der Waals surface area contributed by atoms with Crippen molar-refractivity contribution in [2.24, 2.45) is 5.92 Å². The van der Waals surface area contributed by atoms with Gasteiger partial charge in [-0.1, -0.05) is 32.3 Å². The molecule has 3 N–H and O–H groups in total. The Bertz CT molecular complexity index is 1380. The van der Waals surface area contributed by atoms with Gasteiger partial charge in [-0.05, 0) is 75.6 Å². The number of likely N-dealkylation sites (N-methyl/N-ethyl adjacent to an activating group) is 1. The van der Waals surface area contributed by atoms with Crippen molar-refractivity contribution >= 4 is 39.0 Å². The molecule has 2 heterocycles. The van der Waals surface area contributed by atoms with E-state index in [1.807, 2.05) is 13.8 Å². The highest BCUT2D eigenvalue weighted by Crippen LogP contribution is 2.29. The van der Waals surface area contributed by atoms with Crippen LogP contribution in [0.3, 0.4) is 0 Å². The molecule has 1 aliphatic heterocycles. The smallest absolute Gasteiger partial charge is 0.319 e. The molecule has 256 valence electrons. The summed E-state index contributed by atoms with van der Waals surface area (Å²) in [4.78, 5) is 28.8. The number of anilines is 1. The number of rotatable bonds is 8. The molecular weight excluding hydrogens is 629 g/mol. The summed E-state index contributed by atoms with van der Waals surface area (Å²) in [6.45, 7) is 6.12. The second-order valence-electron chi connectivity index (χ2n) is 12.7. The SMILES string of the molecule is C[C@@H]1CCCCO[C@@H](CN(C)S(=O)(=O)c2cccs2)[C@H](C)CN([C@H](C)CO)C(=O)c2cc(NC(=O)NC3CCCCC3)ccc2O1. The number of aliphatic hydroxyl groups is 1. The number of fused-ring (bicyclic) bond motifs is 1. The van der Waals surface area contributed by atoms with E-state index in [0.29, 0.717) is 18.0 Å². The number of ether oxygens (including phenoxy) is 2. The third-order valence-corrected chi connectivity index (χ3v) is 12.0. The largest absolute Gasteiger partial charge is 0.490 e. The summed E-state index contributed by atoms with van der Waals surface area (Å²) in [5, 5.41) is 17.9. The van der Waals surface area contributed by atoms with Crippen molar-refractivity contribution in [1.29, 1.82) is 0 Å². The van der Waals surface area contributed by atoms with Crippen molar-refractivity contribution in [3.05, 3.63) is 41.3 Å². The summed E-state index contributed by atoms with van der Waals surface area (Å²) in [5.41, 5.74) is 0.741. The first kappa shape index (κ1) is 36.1. The first-order chi connectivity index (χ1) is 22.0. The lowest BCUT2D eigenvalue weighted by atomic mass is 9.96. The average Bonchev–Trinajstić information content (AvgIpc) is 3.59. The van der Waals surface area contributed by atoms with Crippen LogP contribution in [0.5, 0.6) is 5.75 Å². The third kappa shape index (κ3) is 9.66. The van der Waals surface area contributed by atoms with Crippen LogP contribution in [0.1, 0.15) is 82.5 Å². The van der Waals surface area contributed by atoms with E-state index in [0.717, 1.165) is 44.9 Å². The van der Waals surface area contributed by atoms with Gasteiger partial charge in [-0.3, -0.25) is 4.79 Å². The molecule has 46 heavy (non-hydrogen) atoms.